The second kappa shape index (κ2) is 13.2. The van der Waals surface area contributed by atoms with Crippen LogP contribution in [0.3, 0.4) is 0 Å². The van der Waals surface area contributed by atoms with Crippen molar-refractivity contribution in [3.63, 3.8) is 0 Å². The quantitative estimate of drug-likeness (QED) is 0.240. The van der Waals surface area contributed by atoms with Crippen LogP contribution in [0.2, 0.25) is 0 Å². The Hall–Kier alpha value is -4.16. The van der Waals surface area contributed by atoms with Gasteiger partial charge in [0.2, 0.25) is 0 Å². The molecule has 10 nitrogen and oxygen atoms in total. The van der Waals surface area contributed by atoms with Crippen molar-refractivity contribution < 1.29 is 18.7 Å². The zero-order chi connectivity index (χ0) is 30.6. The number of likely N-dealkylation sites (tertiary alicyclic amines) is 1. The lowest BCUT2D eigenvalue weighted by molar-refractivity contribution is -0.126. The van der Waals surface area contributed by atoms with Gasteiger partial charge in [-0.1, -0.05) is 42.1 Å². The van der Waals surface area contributed by atoms with Crippen LogP contribution in [0.5, 0.6) is 5.75 Å². The number of aromatic nitrogens is 6. The second-order valence-electron chi connectivity index (χ2n) is 11.2. The first-order chi connectivity index (χ1) is 21.4. The SMILES string of the molecule is COc1ccc(Cn2nnnc2Cn2ccc(/C=C3\CN(C(C(=O)C4CC4)c4ccccc4F)CCC3SC(C)=O)n2)cc1. The zero-order valence-electron chi connectivity index (χ0n) is 24.7. The molecule has 2 aromatic heterocycles. The van der Waals surface area contributed by atoms with Crippen molar-refractivity contribution in [1.82, 2.24) is 34.9 Å². The number of piperidine rings is 1. The topological polar surface area (TPSA) is 108 Å². The molecule has 0 bridgehead atoms. The fourth-order valence-corrected chi connectivity index (χ4v) is 6.55. The van der Waals surface area contributed by atoms with Gasteiger partial charge in [-0.3, -0.25) is 19.2 Å². The van der Waals surface area contributed by atoms with Gasteiger partial charge < -0.3 is 4.74 Å². The maximum atomic E-state index is 15.0. The number of nitrogens with zero attached hydrogens (tertiary/aromatic N) is 7. The number of Topliss-reactive ketones (excluding diaryl/α,β-unsaturated/α-hetero) is 1. The highest BCUT2D eigenvalue weighted by molar-refractivity contribution is 8.14. The Morgan fingerprint density at radius 3 is 2.61 bits per heavy atom. The van der Waals surface area contributed by atoms with Crippen molar-refractivity contribution in [2.24, 2.45) is 5.92 Å². The van der Waals surface area contributed by atoms with Crippen LogP contribution in [-0.2, 0) is 22.7 Å². The van der Waals surface area contributed by atoms with Crippen LogP contribution in [0.15, 0.2) is 66.4 Å². The number of rotatable bonds is 11. The Bertz CT molecular complexity index is 1660. The van der Waals surface area contributed by atoms with Gasteiger partial charge in [0.05, 0.1) is 25.4 Å². The smallest absolute Gasteiger partial charge is 0.186 e. The zero-order valence-corrected chi connectivity index (χ0v) is 25.5. The molecule has 3 heterocycles. The molecule has 44 heavy (non-hydrogen) atoms. The molecule has 2 aliphatic rings. The van der Waals surface area contributed by atoms with Crippen LogP contribution < -0.4 is 4.74 Å². The average molecular weight is 616 g/mol. The molecule has 1 saturated carbocycles. The molecule has 4 aromatic rings. The van der Waals surface area contributed by atoms with Crippen LogP contribution in [0, 0.1) is 11.7 Å². The molecule has 0 radical (unpaired) electrons. The van der Waals surface area contributed by atoms with E-state index in [4.69, 9.17) is 9.84 Å². The lowest BCUT2D eigenvalue weighted by atomic mass is 9.93. The number of carbonyl (C=O) groups is 2. The monoisotopic (exact) mass is 615 g/mol. The van der Waals surface area contributed by atoms with Crippen LogP contribution in [0.25, 0.3) is 6.08 Å². The molecular formula is C32H34FN7O3S. The third kappa shape index (κ3) is 6.97. The molecule has 0 amide bonds. The molecule has 2 atom stereocenters. The minimum Gasteiger partial charge on any atom is -0.497 e. The van der Waals surface area contributed by atoms with Crippen LogP contribution in [0.1, 0.15) is 54.9 Å². The minimum absolute atomic E-state index is 0.0201. The van der Waals surface area contributed by atoms with Crippen molar-refractivity contribution in [3.8, 4) is 5.75 Å². The van der Waals surface area contributed by atoms with E-state index in [-0.39, 0.29) is 27.9 Å². The van der Waals surface area contributed by atoms with E-state index in [9.17, 15) is 14.0 Å². The molecule has 2 unspecified atom stereocenters. The van der Waals surface area contributed by atoms with E-state index in [0.29, 0.717) is 44.0 Å². The van der Waals surface area contributed by atoms with Gasteiger partial charge in [0.25, 0.3) is 0 Å². The summed E-state index contributed by atoms with van der Waals surface area (Å²) in [5.74, 6) is 1.12. The fourth-order valence-electron chi connectivity index (χ4n) is 5.64. The lowest BCUT2D eigenvalue weighted by Gasteiger charge is -2.38. The number of halogens is 1. The minimum atomic E-state index is -0.655. The Balaban J connectivity index is 1.22. The number of carbonyl (C=O) groups excluding carboxylic acids is 2. The van der Waals surface area contributed by atoms with E-state index in [1.54, 1.807) is 41.6 Å². The molecule has 12 heteroatoms. The highest BCUT2D eigenvalue weighted by Crippen LogP contribution is 2.40. The molecule has 1 aliphatic heterocycles. The Labute approximate surface area is 259 Å². The van der Waals surface area contributed by atoms with Gasteiger partial charge in [-0.15, -0.1) is 5.10 Å². The first-order valence-electron chi connectivity index (χ1n) is 14.7. The van der Waals surface area contributed by atoms with Crippen molar-refractivity contribution >= 4 is 28.7 Å². The lowest BCUT2D eigenvalue weighted by Crippen LogP contribution is -2.43. The Morgan fingerprint density at radius 2 is 1.89 bits per heavy atom. The number of ketones is 1. The van der Waals surface area contributed by atoms with E-state index in [1.807, 2.05) is 42.6 Å². The van der Waals surface area contributed by atoms with Gasteiger partial charge in [-0.2, -0.15) is 5.10 Å². The van der Waals surface area contributed by atoms with Gasteiger partial charge in [-0.05, 0) is 71.2 Å². The number of ether oxygens (including phenoxy) is 1. The first-order valence-corrected chi connectivity index (χ1v) is 15.6. The molecule has 0 N–H and O–H groups in total. The fraction of sp³-hybridized carbons (Fsp3) is 0.375. The van der Waals surface area contributed by atoms with Gasteiger partial charge in [0, 0.05) is 42.9 Å². The predicted molar refractivity (Wildman–Crippen MR) is 164 cm³/mol. The second-order valence-corrected chi connectivity index (χ2v) is 12.6. The molecule has 2 aromatic carbocycles. The van der Waals surface area contributed by atoms with Crippen LogP contribution in [0.4, 0.5) is 4.39 Å². The summed E-state index contributed by atoms with van der Waals surface area (Å²) in [5.41, 5.74) is 3.16. The van der Waals surface area contributed by atoms with Gasteiger partial charge >= 0.3 is 0 Å². The van der Waals surface area contributed by atoms with Crippen molar-refractivity contribution in [1.29, 1.82) is 0 Å². The van der Waals surface area contributed by atoms with Crippen molar-refractivity contribution in [3.05, 3.63) is 94.8 Å². The molecule has 1 aliphatic carbocycles. The molecule has 2 fully saturated rings. The standard InChI is InChI=1S/C32H34FN7O3S/c1-21(41)44-29-14-15-38(31(32(42)23-9-10-23)27-5-3-4-6-28(27)33)19-24(29)17-25-13-16-39(35-25)20-30-34-36-37-40(30)18-22-7-11-26(43-2)12-8-22/h3-8,11-13,16-17,23,29,31H,9-10,14-15,18-20H2,1-2H3/b24-17+. The summed E-state index contributed by atoms with van der Waals surface area (Å²) in [6.07, 6.45) is 6.22. The molecule has 1 saturated heterocycles. The number of tetrazole rings is 1. The maximum absolute atomic E-state index is 15.0. The summed E-state index contributed by atoms with van der Waals surface area (Å²) in [5, 5.41) is 17.0. The van der Waals surface area contributed by atoms with Gasteiger partial charge in [-0.25, -0.2) is 9.07 Å². The van der Waals surface area contributed by atoms with Crippen LogP contribution in [-0.4, -0.2) is 71.2 Å². The van der Waals surface area contributed by atoms with Gasteiger partial charge in [0.1, 0.15) is 18.1 Å². The van der Waals surface area contributed by atoms with E-state index in [2.05, 4.69) is 20.4 Å². The van der Waals surface area contributed by atoms with E-state index < -0.39 is 6.04 Å². The van der Waals surface area contributed by atoms with Crippen molar-refractivity contribution in [2.45, 2.75) is 50.6 Å². The third-order valence-electron chi connectivity index (χ3n) is 8.00. The number of thioether (sulfide) groups is 1. The first kappa shape index (κ1) is 29.9. The predicted octanol–water partition coefficient (Wildman–Crippen LogP) is 4.57. The number of hydrogen-bond donors (Lipinski definition) is 0. The number of methoxy groups -OCH3 is 1. The van der Waals surface area contributed by atoms with Crippen molar-refractivity contribution in [2.75, 3.05) is 20.2 Å². The Morgan fingerprint density at radius 1 is 1.09 bits per heavy atom. The molecule has 228 valence electrons. The summed E-state index contributed by atoms with van der Waals surface area (Å²) in [7, 11) is 1.63. The van der Waals surface area contributed by atoms with E-state index in [0.717, 1.165) is 35.4 Å². The summed E-state index contributed by atoms with van der Waals surface area (Å²) in [6.45, 7) is 3.47. The summed E-state index contributed by atoms with van der Waals surface area (Å²) >= 11 is 1.29. The summed E-state index contributed by atoms with van der Waals surface area (Å²) in [4.78, 5) is 27.7. The maximum Gasteiger partial charge on any atom is 0.186 e. The largest absolute Gasteiger partial charge is 0.497 e. The molecule has 6 rings (SSSR count). The summed E-state index contributed by atoms with van der Waals surface area (Å²) < 4.78 is 23.7. The number of benzene rings is 2. The summed E-state index contributed by atoms with van der Waals surface area (Å²) in [6, 6.07) is 15.5. The molecule has 0 spiro atoms. The van der Waals surface area contributed by atoms with Gasteiger partial charge in [0.15, 0.2) is 16.7 Å². The highest BCUT2D eigenvalue weighted by atomic mass is 32.2. The van der Waals surface area contributed by atoms with Crippen LogP contribution >= 0.6 is 11.8 Å². The van der Waals surface area contributed by atoms with E-state index >= 15 is 0 Å². The third-order valence-corrected chi connectivity index (χ3v) is 9.15. The average Bonchev–Trinajstić information content (AvgIpc) is 3.64. The molecular weight excluding hydrogens is 581 g/mol. The number of hydrogen-bond acceptors (Lipinski definition) is 9. The Kier molecular flexibility index (Phi) is 8.99. The van der Waals surface area contributed by atoms with E-state index in [1.165, 1.54) is 17.8 Å². The highest BCUT2D eigenvalue weighted by Gasteiger charge is 2.41. The normalized spacial score (nSPS) is 18.8.